The van der Waals surface area contributed by atoms with E-state index in [1.807, 2.05) is 20.8 Å². The zero-order valence-corrected chi connectivity index (χ0v) is 61.8. The predicted molar refractivity (Wildman–Crippen MR) is 373 cm³/mol. The Morgan fingerprint density at radius 2 is 0.859 bits per heavy atom. The van der Waals surface area contributed by atoms with Gasteiger partial charge in [-0.05, 0) is 102 Å². The second-order valence-electron chi connectivity index (χ2n) is 26.7. The maximum absolute atomic E-state index is 13.8. The quantitative estimate of drug-likeness (QED) is 0.0304. The summed E-state index contributed by atoms with van der Waals surface area (Å²) in [6.07, 6.45) is 7.37. The van der Waals surface area contributed by atoms with Gasteiger partial charge in [-0.2, -0.15) is 0 Å². The van der Waals surface area contributed by atoms with E-state index in [0.717, 1.165) is 97.0 Å². The lowest BCUT2D eigenvalue weighted by molar-refractivity contribution is -0.282. The van der Waals surface area contributed by atoms with Crippen molar-refractivity contribution >= 4 is 37.4 Å². The fourth-order valence-corrected chi connectivity index (χ4v) is 12.8. The molecule has 0 aromatic carbocycles. The van der Waals surface area contributed by atoms with Crippen LogP contribution in [0, 0.1) is 29.6 Å². The van der Waals surface area contributed by atoms with Crippen molar-refractivity contribution in [3.63, 3.8) is 0 Å². The zero-order chi connectivity index (χ0) is 74.0. The van der Waals surface area contributed by atoms with Crippen LogP contribution in [0.15, 0.2) is 0 Å². The number of nitrogens with two attached hydrogens (primary N) is 1. The highest BCUT2D eigenvalue weighted by molar-refractivity contribution is 7.47. The van der Waals surface area contributed by atoms with E-state index in [1.54, 1.807) is 21.0 Å². The van der Waals surface area contributed by atoms with E-state index in [2.05, 4.69) is 35.6 Å². The number of phosphoric ester groups is 1. The molecule has 2 aliphatic heterocycles. The van der Waals surface area contributed by atoms with Crippen molar-refractivity contribution in [2.75, 3.05) is 93.2 Å². The van der Waals surface area contributed by atoms with Gasteiger partial charge in [0.25, 0.3) is 0 Å². The largest absolute Gasteiger partial charge is 0.471 e. The molecular weight excluding hydrogens is 1310 g/mol. The molecule has 2 heterocycles. The van der Waals surface area contributed by atoms with Crippen molar-refractivity contribution in [3.8, 4) is 0 Å². The van der Waals surface area contributed by atoms with Crippen molar-refractivity contribution in [1.29, 1.82) is 0 Å². The number of rotatable bonds is 53. The number of nitrogens with one attached hydrogen (secondary N) is 5. The van der Waals surface area contributed by atoms with Crippen molar-refractivity contribution in [2.45, 2.75) is 288 Å². The number of ether oxygens (including phenoxy) is 5. The third kappa shape index (κ3) is 40.1. The molecule has 3 aliphatic rings. The smallest absolute Gasteiger partial charge is 0.396 e. The Labute approximate surface area is 590 Å². The lowest BCUT2D eigenvalue weighted by Crippen LogP contribution is -2.55. The van der Waals surface area contributed by atoms with E-state index in [1.165, 1.54) is 0 Å². The van der Waals surface area contributed by atoms with Gasteiger partial charge in [0.05, 0.1) is 44.2 Å². The van der Waals surface area contributed by atoms with Crippen LogP contribution in [-0.4, -0.2) is 241 Å². The fraction of sp³-hybridized carbons (Fsp3) is 0.928. The second kappa shape index (κ2) is 56.3. The molecule has 5 amide bonds. The number of hydrogen-bond donors (Lipinski definition) is 16. The molecule has 3 fully saturated rings. The summed E-state index contributed by atoms with van der Waals surface area (Å²) >= 11 is 0. The summed E-state index contributed by atoms with van der Waals surface area (Å²) in [5.74, 6) is -2.43. The lowest BCUT2D eigenvalue weighted by Gasteiger charge is -2.41. The fourth-order valence-electron chi connectivity index (χ4n) is 12.3. The average molecular weight is 1450 g/mol. The number of carbonyl (C=O) groups is 5. The maximum Gasteiger partial charge on any atom is 0.471 e. The van der Waals surface area contributed by atoms with Crippen LogP contribution in [0.3, 0.4) is 0 Å². The number of amides is 5. The van der Waals surface area contributed by atoms with Gasteiger partial charge < -0.3 is 107 Å². The first-order valence-electron chi connectivity index (χ1n) is 37.0. The summed E-state index contributed by atoms with van der Waals surface area (Å²) in [5.41, 5.74) is 4.16. The van der Waals surface area contributed by atoms with E-state index < -0.39 is 99.8 Å². The van der Waals surface area contributed by atoms with Crippen LogP contribution < -0.4 is 32.3 Å². The average Bonchev–Trinajstić information content (AvgIpc) is 0.846. The number of hydrogen-bond acceptors (Lipinski definition) is 23. The van der Waals surface area contributed by atoms with Crippen molar-refractivity contribution < 1.29 is 112 Å². The molecule has 16 unspecified atom stereocenters. The molecule has 0 aromatic heterocycles. The number of methoxy groups -OCH3 is 1. The molecule has 17 N–H and O–H groups in total. The summed E-state index contributed by atoms with van der Waals surface area (Å²) < 4.78 is 47.6. The van der Waals surface area contributed by atoms with Gasteiger partial charge >= 0.3 is 7.82 Å². The number of unbranched alkanes of at least 4 members (excludes halogenated alkanes) is 13. The molecule has 1 saturated carbocycles. The van der Waals surface area contributed by atoms with Gasteiger partial charge in [-0.25, -0.2) is 4.57 Å². The summed E-state index contributed by atoms with van der Waals surface area (Å²) in [6.45, 7) is 12.1. The maximum atomic E-state index is 13.8. The van der Waals surface area contributed by atoms with Crippen LogP contribution in [0.2, 0.25) is 0 Å². The molecule has 1 aliphatic carbocycles. The molecule has 0 bridgehead atoms. The first-order valence-corrected chi connectivity index (χ1v) is 38.5. The molecule has 584 valence electrons. The third-order valence-corrected chi connectivity index (χ3v) is 19.9. The number of carbonyl (C=O) groups excluding carboxylic acids is 5. The van der Waals surface area contributed by atoms with Gasteiger partial charge in [-0.1, -0.05) is 105 Å². The van der Waals surface area contributed by atoms with E-state index in [-0.39, 0.29) is 118 Å². The second-order valence-corrected chi connectivity index (χ2v) is 28.2. The standard InChI is InChI=1S/C60H111N5O19.C7H18NO4P.C2H6/c1-40-43(36-44(37-66)55(77)52(40)74)20-12-6-5-7-13-29-61-48(70)23-26-60(65-51(73)22-18-21-47(69)64-32-19-33-80-4,27-24-49(71)62-30-14-8-10-16-34-81-58-41(2)53(75)56(78)45(38-67)83-58)28-25-50(72)63-31-15-9-11-17-35-82-59-42(3)54(76)57(79)46(39-68)84-59;1-11-13(9,10)12-7-5-3-2-4-6-8;1-2/h40-46,52-59,66-68,74-79H,5-39H2,1-4H3,(H,61,70)(H,62,71)(H,63,72)(H,64,69)(H,65,73);2-8H2,1H3,(H,9,10);1-2H3. The first-order chi connectivity index (χ1) is 47.4. The molecule has 0 aromatic rings. The Kier molecular flexibility index (Phi) is 53.4. The Bertz CT molecular complexity index is 1980. The topological polar surface area (TPSA) is 456 Å². The van der Waals surface area contributed by atoms with Crippen molar-refractivity contribution in [3.05, 3.63) is 0 Å². The van der Waals surface area contributed by atoms with Gasteiger partial charge in [0.15, 0.2) is 12.6 Å². The summed E-state index contributed by atoms with van der Waals surface area (Å²) in [5, 5.41) is 105. The predicted octanol–water partition coefficient (Wildman–Crippen LogP) is 3.78. The third-order valence-electron chi connectivity index (χ3n) is 18.9. The van der Waals surface area contributed by atoms with Crippen molar-refractivity contribution in [2.24, 2.45) is 35.3 Å². The van der Waals surface area contributed by atoms with Gasteiger partial charge in [0.2, 0.25) is 29.5 Å². The minimum absolute atomic E-state index is 0.000449. The Balaban J connectivity index is 0.00000291. The molecule has 3 rings (SSSR count). The molecule has 16 atom stereocenters. The number of aliphatic hydroxyl groups is 9. The molecule has 0 spiro atoms. The summed E-state index contributed by atoms with van der Waals surface area (Å²) in [7, 11) is -1.02. The van der Waals surface area contributed by atoms with E-state index in [9.17, 15) is 74.5 Å². The van der Waals surface area contributed by atoms with Gasteiger partial charge in [0.1, 0.15) is 24.4 Å². The van der Waals surface area contributed by atoms with Crippen LogP contribution in [-0.2, 0) is 61.3 Å². The van der Waals surface area contributed by atoms with Gasteiger partial charge in [-0.3, -0.25) is 33.0 Å². The number of aliphatic hydroxyl groups excluding tert-OH is 9. The molecule has 30 heteroatoms. The monoisotopic (exact) mass is 1450 g/mol. The Morgan fingerprint density at radius 3 is 1.29 bits per heavy atom. The summed E-state index contributed by atoms with van der Waals surface area (Å²) in [4.78, 5) is 75.7. The normalized spacial score (nSPS) is 26.5. The molecular formula is C69H135N6O23P. The Morgan fingerprint density at radius 1 is 0.465 bits per heavy atom. The summed E-state index contributed by atoms with van der Waals surface area (Å²) in [6, 6.07) is 0. The van der Waals surface area contributed by atoms with Crippen molar-refractivity contribution in [1.82, 2.24) is 26.6 Å². The van der Waals surface area contributed by atoms with Crippen LogP contribution in [0.1, 0.15) is 221 Å². The molecule has 29 nitrogen and oxygen atoms in total. The van der Waals surface area contributed by atoms with Gasteiger partial charge in [0, 0.05) is 122 Å². The molecule has 0 radical (unpaired) electrons. The highest BCUT2D eigenvalue weighted by Gasteiger charge is 2.44. The van der Waals surface area contributed by atoms with E-state index >= 15 is 0 Å². The Hall–Kier alpha value is -3.14. The highest BCUT2D eigenvalue weighted by Crippen LogP contribution is 2.42. The lowest BCUT2D eigenvalue weighted by atomic mass is 9.70. The van der Waals surface area contributed by atoms with E-state index in [4.69, 9.17) is 34.3 Å². The minimum atomic E-state index is -3.75. The minimum Gasteiger partial charge on any atom is -0.396 e. The van der Waals surface area contributed by atoms with Crippen LogP contribution in [0.25, 0.3) is 0 Å². The van der Waals surface area contributed by atoms with Crippen LogP contribution in [0.4, 0.5) is 0 Å². The molecule has 99 heavy (non-hydrogen) atoms. The SMILES string of the molecule is CC.COCCCNC(=O)CCCC(=O)NC(CCC(=O)NCCCCCCCC1CC(CO)C(O)C(O)C1C)(CCC(=O)NCCCCCCOC1OC(CO)C(O)C(O)C1C)CCC(=O)NCCCCCCOC1OC(CO)C(O)C(O)C1C.COP(=O)(O)OCCCCCCN. The zero-order valence-electron chi connectivity index (χ0n) is 61.0. The van der Waals surface area contributed by atoms with Crippen LogP contribution in [0.5, 0.6) is 0 Å². The highest BCUT2D eigenvalue weighted by atomic mass is 31.2. The first kappa shape index (κ1) is 93.9. The number of phosphoric acid groups is 1. The van der Waals surface area contributed by atoms with Gasteiger partial charge in [-0.15, -0.1) is 0 Å². The molecule has 2 saturated heterocycles. The van der Waals surface area contributed by atoms with Crippen LogP contribution >= 0.6 is 7.82 Å². The van der Waals surface area contributed by atoms with E-state index in [0.29, 0.717) is 91.1 Å².